The van der Waals surface area contributed by atoms with Crippen molar-refractivity contribution in [2.24, 2.45) is 0 Å². The quantitative estimate of drug-likeness (QED) is 0.342. The highest BCUT2D eigenvalue weighted by Gasteiger charge is 2.28. The highest BCUT2D eigenvalue weighted by Crippen LogP contribution is 1.97. The van der Waals surface area contributed by atoms with Gasteiger partial charge >= 0.3 is 23.7 Å². The first-order valence-electron chi connectivity index (χ1n) is 5.59. The van der Waals surface area contributed by atoms with Crippen molar-refractivity contribution < 1.29 is 29.4 Å². The van der Waals surface area contributed by atoms with E-state index in [0.29, 0.717) is 0 Å². The van der Waals surface area contributed by atoms with Crippen LogP contribution in [0.5, 0.6) is 0 Å². The Bertz CT molecular complexity index is 689. The number of nitrogens with one attached hydrogen (secondary N) is 4. The van der Waals surface area contributed by atoms with Crippen LogP contribution in [0.1, 0.15) is 16.9 Å². The van der Waals surface area contributed by atoms with Crippen LogP contribution in [0.4, 0.5) is 4.79 Å². The summed E-state index contributed by atoms with van der Waals surface area (Å²) in [6.07, 6.45) is -0.207. The number of hydrogen-bond donors (Lipinski definition) is 6. The standard InChI is InChI=1S/C5H6N2O4.C5H4N2O4/c2*8-3-1-2(4(9)10)6-5(11)7-3/h2H,1H2,(H,9,10)(H2,6,7,8,11);1H,(H,9,10)(H2,6,7,8,11). The smallest absolute Gasteiger partial charge is 0.352 e. The van der Waals surface area contributed by atoms with Crippen molar-refractivity contribution in [3.63, 3.8) is 0 Å². The minimum Gasteiger partial charge on any atom is -0.480 e. The Morgan fingerprint density at radius 1 is 1.09 bits per heavy atom. The van der Waals surface area contributed by atoms with Crippen LogP contribution in [-0.2, 0) is 9.59 Å². The second-order valence-corrected chi connectivity index (χ2v) is 3.92. The van der Waals surface area contributed by atoms with Gasteiger partial charge in [-0.15, -0.1) is 0 Å². The molecule has 1 aromatic heterocycles. The van der Waals surface area contributed by atoms with Crippen molar-refractivity contribution in [3.05, 3.63) is 32.6 Å². The molecular formula is C10H10N4O8. The van der Waals surface area contributed by atoms with E-state index in [-0.39, 0.29) is 6.42 Å². The summed E-state index contributed by atoms with van der Waals surface area (Å²) in [6, 6.07) is -1.05. The molecule has 1 fully saturated rings. The molecule has 6 N–H and O–H groups in total. The van der Waals surface area contributed by atoms with Gasteiger partial charge in [0.15, 0.2) is 0 Å². The highest BCUT2D eigenvalue weighted by atomic mass is 16.4. The number of aromatic nitrogens is 2. The molecule has 0 saturated carbocycles. The van der Waals surface area contributed by atoms with Crippen molar-refractivity contribution >= 4 is 23.9 Å². The molecule has 3 amide bonds. The van der Waals surface area contributed by atoms with Gasteiger partial charge in [0.25, 0.3) is 5.56 Å². The molecule has 1 saturated heterocycles. The van der Waals surface area contributed by atoms with Crippen molar-refractivity contribution in [2.45, 2.75) is 12.5 Å². The molecule has 1 atom stereocenters. The van der Waals surface area contributed by atoms with Crippen LogP contribution in [0, 0.1) is 0 Å². The Balaban J connectivity index is 0.000000220. The van der Waals surface area contributed by atoms with Crippen LogP contribution >= 0.6 is 0 Å². The Labute approximate surface area is 120 Å². The monoisotopic (exact) mass is 314 g/mol. The fraction of sp³-hybridized carbons (Fsp3) is 0.200. The van der Waals surface area contributed by atoms with Gasteiger partial charge in [0.05, 0.1) is 6.42 Å². The molecule has 12 heteroatoms. The van der Waals surface area contributed by atoms with E-state index in [1.165, 1.54) is 0 Å². The summed E-state index contributed by atoms with van der Waals surface area (Å²) in [6.45, 7) is 0. The van der Waals surface area contributed by atoms with Crippen LogP contribution in [-0.4, -0.2) is 50.1 Å². The normalized spacial score (nSPS) is 16.6. The largest absolute Gasteiger partial charge is 0.480 e. The van der Waals surface area contributed by atoms with E-state index in [1.807, 2.05) is 15.3 Å². The lowest BCUT2D eigenvalue weighted by atomic mass is 10.2. The van der Waals surface area contributed by atoms with Gasteiger partial charge < -0.3 is 20.5 Å². The van der Waals surface area contributed by atoms with Crippen LogP contribution in [0.15, 0.2) is 15.7 Å². The summed E-state index contributed by atoms with van der Waals surface area (Å²) >= 11 is 0. The first kappa shape index (κ1) is 16.6. The van der Waals surface area contributed by atoms with E-state index < -0.39 is 46.9 Å². The zero-order chi connectivity index (χ0) is 16.9. The Morgan fingerprint density at radius 2 is 1.73 bits per heavy atom. The number of carbonyl (C=O) groups excluding carboxylic acids is 2. The summed E-state index contributed by atoms with van der Waals surface area (Å²) in [5.74, 6) is -3.11. The summed E-state index contributed by atoms with van der Waals surface area (Å²) in [5, 5.41) is 20.7. The number of aromatic amines is 2. The fourth-order valence-electron chi connectivity index (χ4n) is 1.34. The van der Waals surface area contributed by atoms with Crippen molar-refractivity contribution in [2.75, 3.05) is 0 Å². The van der Waals surface area contributed by atoms with Gasteiger partial charge in [-0.2, -0.15) is 0 Å². The van der Waals surface area contributed by atoms with Crippen LogP contribution in [0.2, 0.25) is 0 Å². The van der Waals surface area contributed by atoms with Gasteiger partial charge in [0.2, 0.25) is 5.91 Å². The zero-order valence-corrected chi connectivity index (χ0v) is 10.7. The highest BCUT2D eigenvalue weighted by molar-refractivity contribution is 6.01. The average molecular weight is 314 g/mol. The molecule has 0 spiro atoms. The zero-order valence-electron chi connectivity index (χ0n) is 10.7. The Morgan fingerprint density at radius 3 is 2.18 bits per heavy atom. The molecule has 0 bridgehead atoms. The van der Waals surface area contributed by atoms with E-state index in [9.17, 15) is 28.8 Å². The number of aliphatic carboxylic acids is 1. The van der Waals surface area contributed by atoms with E-state index in [4.69, 9.17) is 10.2 Å². The SMILES string of the molecule is O=C(O)c1cc(=O)[nH]c(=O)[nH]1.O=C1CC(C(=O)O)NC(=O)N1. The molecule has 0 radical (unpaired) electrons. The van der Waals surface area contributed by atoms with E-state index in [0.717, 1.165) is 6.07 Å². The van der Waals surface area contributed by atoms with Crippen molar-refractivity contribution in [1.82, 2.24) is 20.6 Å². The molecule has 0 aromatic carbocycles. The molecule has 2 heterocycles. The summed E-state index contributed by atoms with van der Waals surface area (Å²) in [4.78, 5) is 66.2. The molecule has 0 aliphatic carbocycles. The Hall–Kier alpha value is -3.44. The number of carboxylic acids is 2. The number of carboxylic acid groups (broad SMARTS) is 2. The lowest BCUT2D eigenvalue weighted by molar-refractivity contribution is -0.141. The van der Waals surface area contributed by atoms with Crippen molar-refractivity contribution in [3.8, 4) is 0 Å². The van der Waals surface area contributed by atoms with Gasteiger partial charge in [-0.3, -0.25) is 19.9 Å². The van der Waals surface area contributed by atoms with Crippen LogP contribution < -0.4 is 21.9 Å². The average Bonchev–Trinajstić information content (AvgIpc) is 2.37. The number of hydrogen-bond acceptors (Lipinski definition) is 6. The summed E-state index contributed by atoms with van der Waals surface area (Å²) in [5.41, 5.74) is -1.97. The van der Waals surface area contributed by atoms with Gasteiger partial charge in [-0.25, -0.2) is 19.2 Å². The lowest BCUT2D eigenvalue weighted by Crippen LogP contribution is -2.55. The second kappa shape index (κ2) is 6.83. The van der Waals surface area contributed by atoms with E-state index in [1.54, 1.807) is 0 Å². The maximum Gasteiger partial charge on any atom is 0.352 e. The number of H-pyrrole nitrogens is 2. The molecule has 12 nitrogen and oxygen atoms in total. The minimum atomic E-state index is -1.34. The first-order chi connectivity index (χ1) is 10.2. The molecule has 1 aliphatic rings. The third-order valence-corrected chi connectivity index (χ3v) is 2.24. The third-order valence-electron chi connectivity index (χ3n) is 2.24. The number of aromatic carboxylic acids is 1. The molecule has 1 aliphatic heterocycles. The predicted octanol–water partition coefficient (Wildman–Crippen LogP) is -2.57. The van der Waals surface area contributed by atoms with Crippen molar-refractivity contribution in [1.29, 1.82) is 0 Å². The fourth-order valence-corrected chi connectivity index (χ4v) is 1.34. The Kier molecular flexibility index (Phi) is 5.16. The number of urea groups is 1. The number of amides is 3. The topological polar surface area (TPSA) is 199 Å². The first-order valence-corrected chi connectivity index (χ1v) is 5.59. The second-order valence-electron chi connectivity index (χ2n) is 3.92. The lowest BCUT2D eigenvalue weighted by Gasteiger charge is -2.18. The van der Waals surface area contributed by atoms with Crippen LogP contribution in [0.25, 0.3) is 0 Å². The van der Waals surface area contributed by atoms with Gasteiger partial charge in [-0.1, -0.05) is 0 Å². The molecule has 118 valence electrons. The van der Waals surface area contributed by atoms with E-state index in [2.05, 4.69) is 5.32 Å². The predicted molar refractivity (Wildman–Crippen MR) is 67.4 cm³/mol. The third kappa shape index (κ3) is 4.92. The van der Waals surface area contributed by atoms with Gasteiger partial charge in [0, 0.05) is 6.07 Å². The molecule has 1 unspecified atom stereocenters. The molecule has 2 rings (SSSR count). The van der Waals surface area contributed by atoms with Gasteiger partial charge in [0.1, 0.15) is 11.7 Å². The molecule has 22 heavy (non-hydrogen) atoms. The minimum absolute atomic E-state index is 0.207. The summed E-state index contributed by atoms with van der Waals surface area (Å²) in [7, 11) is 0. The maximum absolute atomic E-state index is 10.6. The summed E-state index contributed by atoms with van der Waals surface area (Å²) < 4.78 is 0. The van der Waals surface area contributed by atoms with Crippen LogP contribution in [0.3, 0.4) is 0 Å². The van der Waals surface area contributed by atoms with E-state index >= 15 is 0 Å². The molecule has 1 aromatic rings. The number of imide groups is 1. The molecular weight excluding hydrogens is 304 g/mol. The maximum atomic E-state index is 10.6. The number of carbonyl (C=O) groups is 4. The number of rotatable bonds is 2. The van der Waals surface area contributed by atoms with Gasteiger partial charge in [-0.05, 0) is 0 Å².